The van der Waals surface area contributed by atoms with Crippen LogP contribution in [0.2, 0.25) is 0 Å². The Bertz CT molecular complexity index is 558. The van der Waals surface area contributed by atoms with Gasteiger partial charge in [-0.25, -0.2) is 4.98 Å². The first-order chi connectivity index (χ1) is 9.02. The number of hydrogen-bond acceptors (Lipinski definition) is 3. The molecule has 0 aliphatic heterocycles. The zero-order valence-electron chi connectivity index (χ0n) is 11.6. The highest BCUT2D eigenvalue weighted by molar-refractivity contribution is 9.10. The van der Waals surface area contributed by atoms with Crippen LogP contribution in [0.4, 0.5) is 11.5 Å². The molecule has 2 aromatic rings. The molecule has 4 heteroatoms. The topological polar surface area (TPSA) is 25.4 Å². The minimum Gasteiger partial charge on any atom is -0.496 e. The lowest BCUT2D eigenvalue weighted by Crippen LogP contribution is -2.11. The highest BCUT2D eigenvalue weighted by Gasteiger charge is 2.10. The lowest BCUT2D eigenvalue weighted by atomic mass is 10.1. The van der Waals surface area contributed by atoms with Gasteiger partial charge in [-0.15, -0.1) is 0 Å². The van der Waals surface area contributed by atoms with E-state index in [4.69, 9.17) is 4.74 Å². The fourth-order valence-electron chi connectivity index (χ4n) is 2.14. The molecule has 0 aliphatic carbocycles. The second-order valence-electron chi connectivity index (χ2n) is 4.51. The van der Waals surface area contributed by atoms with Crippen molar-refractivity contribution in [1.82, 2.24) is 4.98 Å². The van der Waals surface area contributed by atoms with Gasteiger partial charge in [-0.3, -0.25) is 0 Å². The number of ether oxygens (including phenoxy) is 1. The number of aromatic nitrogens is 1. The predicted octanol–water partition coefficient (Wildman–Crippen LogP) is 4.24. The van der Waals surface area contributed by atoms with E-state index < -0.39 is 0 Å². The molecule has 0 atom stereocenters. The van der Waals surface area contributed by atoms with Gasteiger partial charge in [0.15, 0.2) is 0 Å². The molecule has 1 aromatic heterocycles. The lowest BCUT2D eigenvalue weighted by Gasteiger charge is -2.21. The average Bonchev–Trinajstić information content (AvgIpc) is 2.38. The molecule has 0 unspecified atom stereocenters. The van der Waals surface area contributed by atoms with Crippen LogP contribution in [-0.2, 0) is 0 Å². The van der Waals surface area contributed by atoms with Gasteiger partial charge in [0.1, 0.15) is 11.6 Å². The number of aryl methyl sites for hydroxylation is 2. The molecule has 0 saturated heterocycles. The molecule has 0 radical (unpaired) electrons. The number of benzene rings is 1. The van der Waals surface area contributed by atoms with Gasteiger partial charge < -0.3 is 9.64 Å². The summed E-state index contributed by atoms with van der Waals surface area (Å²) in [6, 6.07) is 8.19. The third kappa shape index (κ3) is 2.89. The van der Waals surface area contributed by atoms with E-state index in [-0.39, 0.29) is 0 Å². The van der Waals surface area contributed by atoms with E-state index in [1.54, 1.807) is 13.3 Å². The van der Waals surface area contributed by atoms with Crippen LogP contribution in [0.15, 0.2) is 34.9 Å². The molecular weight excluding hydrogens is 304 g/mol. The maximum atomic E-state index is 5.39. The Morgan fingerprint density at radius 1 is 1.16 bits per heavy atom. The number of hydrogen-bond donors (Lipinski definition) is 0. The molecule has 3 nitrogen and oxygen atoms in total. The predicted molar refractivity (Wildman–Crippen MR) is 82.5 cm³/mol. The van der Waals surface area contributed by atoms with E-state index in [0.717, 1.165) is 32.9 Å². The monoisotopic (exact) mass is 320 g/mol. The van der Waals surface area contributed by atoms with Gasteiger partial charge in [0.05, 0.1) is 7.11 Å². The number of rotatable bonds is 3. The number of methoxy groups -OCH3 is 1. The Balaban J connectivity index is 2.39. The lowest BCUT2D eigenvalue weighted by molar-refractivity contribution is 0.408. The Morgan fingerprint density at radius 2 is 1.79 bits per heavy atom. The van der Waals surface area contributed by atoms with Crippen LogP contribution in [0, 0.1) is 13.8 Å². The summed E-state index contributed by atoms with van der Waals surface area (Å²) in [6.07, 6.45) is 1.80. The Hall–Kier alpha value is -1.55. The second-order valence-corrected chi connectivity index (χ2v) is 5.42. The van der Waals surface area contributed by atoms with Crippen molar-refractivity contribution in [1.29, 1.82) is 0 Å². The number of halogens is 1. The maximum Gasteiger partial charge on any atom is 0.132 e. The summed E-state index contributed by atoms with van der Waals surface area (Å²) in [5.74, 6) is 1.85. The van der Waals surface area contributed by atoms with Crippen molar-refractivity contribution >= 4 is 27.4 Å². The van der Waals surface area contributed by atoms with Gasteiger partial charge in [-0.05, 0) is 65.2 Å². The quantitative estimate of drug-likeness (QED) is 0.845. The fraction of sp³-hybridized carbons (Fsp3) is 0.267. The van der Waals surface area contributed by atoms with Crippen molar-refractivity contribution in [2.75, 3.05) is 19.1 Å². The third-order valence-corrected chi connectivity index (χ3v) is 3.56. The van der Waals surface area contributed by atoms with Gasteiger partial charge in [0.2, 0.25) is 0 Å². The van der Waals surface area contributed by atoms with Crippen molar-refractivity contribution in [2.45, 2.75) is 13.8 Å². The molecule has 0 aliphatic rings. The first kappa shape index (κ1) is 13.9. The molecule has 1 aromatic carbocycles. The smallest absolute Gasteiger partial charge is 0.132 e. The van der Waals surface area contributed by atoms with Gasteiger partial charge in [-0.1, -0.05) is 0 Å². The van der Waals surface area contributed by atoms with E-state index >= 15 is 0 Å². The number of anilines is 2. The molecule has 2 rings (SSSR count). The number of nitrogens with zero attached hydrogens (tertiary/aromatic N) is 2. The summed E-state index contributed by atoms with van der Waals surface area (Å²) in [4.78, 5) is 6.47. The van der Waals surface area contributed by atoms with Crippen molar-refractivity contribution in [2.24, 2.45) is 0 Å². The molecule has 0 N–H and O–H groups in total. The summed E-state index contributed by atoms with van der Waals surface area (Å²) in [5, 5.41) is 0. The van der Waals surface area contributed by atoms with Crippen LogP contribution >= 0.6 is 15.9 Å². The highest BCUT2D eigenvalue weighted by atomic mass is 79.9. The zero-order valence-corrected chi connectivity index (χ0v) is 13.2. The van der Waals surface area contributed by atoms with Crippen molar-refractivity contribution in [3.8, 4) is 5.75 Å². The van der Waals surface area contributed by atoms with Crippen LogP contribution in [0.1, 0.15) is 11.1 Å². The van der Waals surface area contributed by atoms with Crippen LogP contribution in [-0.4, -0.2) is 19.1 Å². The molecule has 0 spiro atoms. The summed E-state index contributed by atoms with van der Waals surface area (Å²) in [6.45, 7) is 4.11. The van der Waals surface area contributed by atoms with E-state index in [0.29, 0.717) is 0 Å². The second kappa shape index (κ2) is 5.61. The zero-order chi connectivity index (χ0) is 14.0. The van der Waals surface area contributed by atoms with E-state index in [1.807, 2.05) is 19.2 Å². The fourth-order valence-corrected chi connectivity index (χ4v) is 2.38. The molecule has 19 heavy (non-hydrogen) atoms. The largest absolute Gasteiger partial charge is 0.496 e. The van der Waals surface area contributed by atoms with Crippen molar-refractivity contribution in [3.63, 3.8) is 0 Å². The SMILES string of the molecule is COc1c(C)cc(N(C)c2ccc(Br)cn2)cc1C. The first-order valence-corrected chi connectivity index (χ1v) is 6.82. The molecule has 0 amide bonds. The summed E-state index contributed by atoms with van der Waals surface area (Å²) in [5.41, 5.74) is 3.36. The average molecular weight is 321 g/mol. The van der Waals surface area contributed by atoms with Gasteiger partial charge in [0, 0.05) is 23.4 Å². The first-order valence-electron chi connectivity index (χ1n) is 6.03. The molecular formula is C15H17BrN2O. The van der Waals surface area contributed by atoms with Crippen LogP contribution in [0.5, 0.6) is 5.75 Å². The molecule has 0 bridgehead atoms. The normalized spacial score (nSPS) is 10.4. The standard InChI is InChI=1S/C15H17BrN2O/c1-10-7-13(8-11(2)15(10)19-4)18(3)14-6-5-12(16)9-17-14/h5-9H,1-4H3. The molecule has 0 fully saturated rings. The minimum absolute atomic E-state index is 0.909. The van der Waals surface area contributed by atoms with Gasteiger partial charge in [0.25, 0.3) is 0 Å². The van der Waals surface area contributed by atoms with Crippen molar-refractivity contribution < 1.29 is 4.74 Å². The Labute approximate surface area is 122 Å². The third-order valence-electron chi connectivity index (χ3n) is 3.09. The summed E-state index contributed by atoms with van der Waals surface area (Å²) in [7, 11) is 3.71. The minimum atomic E-state index is 0.909. The highest BCUT2D eigenvalue weighted by Crippen LogP contribution is 2.31. The van der Waals surface area contributed by atoms with Gasteiger partial charge in [-0.2, -0.15) is 0 Å². The molecule has 100 valence electrons. The maximum absolute atomic E-state index is 5.39. The van der Waals surface area contributed by atoms with E-state index in [2.05, 4.69) is 51.8 Å². The van der Waals surface area contributed by atoms with Crippen LogP contribution in [0.3, 0.4) is 0 Å². The summed E-state index contributed by atoms with van der Waals surface area (Å²) >= 11 is 3.40. The summed E-state index contributed by atoms with van der Waals surface area (Å²) < 4.78 is 6.37. The van der Waals surface area contributed by atoms with Crippen LogP contribution < -0.4 is 9.64 Å². The number of pyridine rings is 1. The molecule has 1 heterocycles. The van der Waals surface area contributed by atoms with Crippen molar-refractivity contribution in [3.05, 3.63) is 46.1 Å². The Morgan fingerprint density at radius 3 is 2.26 bits per heavy atom. The van der Waals surface area contributed by atoms with Crippen LogP contribution in [0.25, 0.3) is 0 Å². The van der Waals surface area contributed by atoms with E-state index in [9.17, 15) is 0 Å². The van der Waals surface area contributed by atoms with E-state index in [1.165, 1.54) is 0 Å². The Kier molecular flexibility index (Phi) is 4.10. The molecule has 0 saturated carbocycles. The van der Waals surface area contributed by atoms with Gasteiger partial charge >= 0.3 is 0 Å².